The van der Waals surface area contributed by atoms with E-state index in [9.17, 15) is 14.7 Å². The number of carbonyl (C=O) groups excluding carboxylic acids is 1. The first-order valence-corrected chi connectivity index (χ1v) is 8.93. The highest BCUT2D eigenvalue weighted by Gasteiger charge is 2.29. The van der Waals surface area contributed by atoms with Crippen LogP contribution in [-0.2, 0) is 16.1 Å². The van der Waals surface area contributed by atoms with Gasteiger partial charge < -0.3 is 19.7 Å². The average molecular weight is 377 g/mol. The summed E-state index contributed by atoms with van der Waals surface area (Å²) in [5.41, 5.74) is 4.47. The Labute approximate surface area is 161 Å². The molecule has 0 bridgehead atoms. The Kier molecular flexibility index (Phi) is 4.80. The molecule has 28 heavy (non-hydrogen) atoms. The maximum Gasteiger partial charge on any atom is 0.407 e. The van der Waals surface area contributed by atoms with E-state index < -0.39 is 18.1 Å². The first kappa shape index (κ1) is 17.8. The molecule has 0 fully saturated rings. The quantitative estimate of drug-likeness (QED) is 0.689. The van der Waals surface area contributed by atoms with Crippen LogP contribution in [0.1, 0.15) is 17.0 Å². The lowest BCUT2D eigenvalue weighted by molar-refractivity contribution is -0.139. The Morgan fingerprint density at radius 1 is 1.11 bits per heavy atom. The number of carboxylic acid groups (broad SMARTS) is 1. The van der Waals surface area contributed by atoms with E-state index in [0.29, 0.717) is 0 Å². The summed E-state index contributed by atoms with van der Waals surface area (Å²) in [6.45, 7) is 0.205. The minimum absolute atomic E-state index is 0.0690. The molecule has 1 aromatic heterocycles. The van der Waals surface area contributed by atoms with Crippen LogP contribution in [0.4, 0.5) is 4.79 Å². The van der Waals surface area contributed by atoms with Crippen LogP contribution in [0.15, 0.2) is 67.3 Å². The number of hydrogen-bond acceptors (Lipinski definition) is 4. The molecule has 0 saturated carbocycles. The zero-order valence-electron chi connectivity index (χ0n) is 15.0. The summed E-state index contributed by atoms with van der Waals surface area (Å²) >= 11 is 0. The number of alkyl carbamates (subject to hydrolysis) is 1. The Bertz CT molecular complexity index is 955. The fourth-order valence-electron chi connectivity index (χ4n) is 3.57. The number of imidazole rings is 1. The summed E-state index contributed by atoms with van der Waals surface area (Å²) in [4.78, 5) is 27.6. The van der Waals surface area contributed by atoms with E-state index >= 15 is 0 Å². The Morgan fingerprint density at radius 3 is 2.32 bits per heavy atom. The molecule has 0 radical (unpaired) electrons. The van der Waals surface area contributed by atoms with E-state index in [2.05, 4.69) is 22.4 Å². The van der Waals surface area contributed by atoms with Crippen molar-refractivity contribution in [2.45, 2.75) is 18.5 Å². The lowest BCUT2D eigenvalue weighted by Crippen LogP contribution is -2.44. The van der Waals surface area contributed by atoms with E-state index in [1.54, 1.807) is 17.0 Å². The van der Waals surface area contributed by atoms with Crippen LogP contribution >= 0.6 is 0 Å². The second-order valence-corrected chi connectivity index (χ2v) is 6.62. The number of ether oxygens (including phenoxy) is 1. The SMILES string of the molecule is O=C(N[C@H](Cn1ccnc1)C(=O)O)OCC1c2ccccc2-c2ccccc21. The molecular weight excluding hydrogens is 358 g/mol. The fourth-order valence-corrected chi connectivity index (χ4v) is 3.57. The minimum Gasteiger partial charge on any atom is -0.480 e. The lowest BCUT2D eigenvalue weighted by atomic mass is 9.98. The molecule has 2 aromatic carbocycles. The van der Waals surface area contributed by atoms with Gasteiger partial charge in [-0.25, -0.2) is 14.6 Å². The molecule has 3 aromatic rings. The van der Waals surface area contributed by atoms with Gasteiger partial charge in [0.1, 0.15) is 12.6 Å². The number of nitrogens with one attached hydrogen (secondary N) is 1. The van der Waals surface area contributed by atoms with Crippen LogP contribution in [0.25, 0.3) is 11.1 Å². The molecule has 1 aliphatic carbocycles. The second-order valence-electron chi connectivity index (χ2n) is 6.62. The van der Waals surface area contributed by atoms with Gasteiger partial charge in [0, 0.05) is 18.3 Å². The van der Waals surface area contributed by atoms with Crippen molar-refractivity contribution in [1.82, 2.24) is 14.9 Å². The number of nitrogens with zero attached hydrogens (tertiary/aromatic N) is 2. The summed E-state index contributed by atoms with van der Waals surface area (Å²) in [5.74, 6) is -1.21. The van der Waals surface area contributed by atoms with Crippen molar-refractivity contribution in [2.75, 3.05) is 6.61 Å². The Balaban J connectivity index is 1.44. The standard InChI is InChI=1S/C21H19N3O4/c25-20(26)19(11-24-10-9-22-13-24)23-21(27)28-12-18-16-7-3-1-5-14(16)15-6-2-4-8-17(15)18/h1-10,13,18-19H,11-12H2,(H,23,27)(H,25,26)/t19-/m1/s1. The largest absolute Gasteiger partial charge is 0.480 e. The van der Waals surface area contributed by atoms with Gasteiger partial charge in [0.25, 0.3) is 0 Å². The van der Waals surface area contributed by atoms with Crippen LogP contribution in [0.2, 0.25) is 0 Å². The first-order chi connectivity index (χ1) is 13.6. The van der Waals surface area contributed by atoms with Crippen molar-refractivity contribution in [3.63, 3.8) is 0 Å². The number of amides is 1. The molecule has 1 amide bonds. The van der Waals surface area contributed by atoms with Gasteiger partial charge in [0.15, 0.2) is 0 Å². The van der Waals surface area contributed by atoms with Crippen LogP contribution in [0.3, 0.4) is 0 Å². The highest BCUT2D eigenvalue weighted by Crippen LogP contribution is 2.44. The molecule has 1 atom stereocenters. The van der Waals surface area contributed by atoms with Crippen molar-refractivity contribution in [3.05, 3.63) is 78.4 Å². The normalized spacial score (nSPS) is 13.4. The van der Waals surface area contributed by atoms with Gasteiger partial charge in [-0.15, -0.1) is 0 Å². The summed E-state index contributed by atoms with van der Waals surface area (Å²) in [6.07, 6.45) is 3.92. The third-order valence-corrected chi connectivity index (χ3v) is 4.89. The van der Waals surface area contributed by atoms with Crippen LogP contribution < -0.4 is 5.32 Å². The maximum atomic E-state index is 12.2. The maximum absolute atomic E-state index is 12.2. The van der Waals surface area contributed by atoms with Gasteiger partial charge in [-0.05, 0) is 22.3 Å². The molecule has 142 valence electrons. The first-order valence-electron chi connectivity index (χ1n) is 8.93. The summed E-state index contributed by atoms with van der Waals surface area (Å²) in [7, 11) is 0. The number of hydrogen-bond donors (Lipinski definition) is 2. The van der Waals surface area contributed by atoms with Crippen molar-refractivity contribution in [3.8, 4) is 11.1 Å². The number of carboxylic acids is 1. The summed E-state index contributed by atoms with van der Waals surface area (Å²) in [5, 5.41) is 11.8. The monoisotopic (exact) mass is 377 g/mol. The van der Waals surface area contributed by atoms with Gasteiger partial charge in [-0.1, -0.05) is 48.5 Å². The third-order valence-electron chi connectivity index (χ3n) is 4.89. The Morgan fingerprint density at radius 2 is 1.75 bits per heavy atom. The molecule has 1 aliphatic rings. The number of aromatic nitrogens is 2. The molecule has 0 unspecified atom stereocenters. The number of fused-ring (bicyclic) bond motifs is 3. The van der Waals surface area contributed by atoms with E-state index in [0.717, 1.165) is 22.3 Å². The number of aliphatic carboxylic acids is 1. The van der Waals surface area contributed by atoms with Crippen molar-refractivity contribution >= 4 is 12.1 Å². The molecule has 0 spiro atoms. The molecule has 4 rings (SSSR count). The zero-order valence-corrected chi connectivity index (χ0v) is 15.0. The van der Waals surface area contributed by atoms with Gasteiger partial charge in [-0.3, -0.25) is 0 Å². The number of rotatable bonds is 6. The van der Waals surface area contributed by atoms with Crippen molar-refractivity contribution in [2.24, 2.45) is 0 Å². The molecule has 0 saturated heterocycles. The van der Waals surface area contributed by atoms with Gasteiger partial charge in [-0.2, -0.15) is 0 Å². The van der Waals surface area contributed by atoms with Crippen LogP contribution in [0.5, 0.6) is 0 Å². The smallest absolute Gasteiger partial charge is 0.407 e. The van der Waals surface area contributed by atoms with Crippen LogP contribution in [0, 0.1) is 0 Å². The molecule has 1 heterocycles. The van der Waals surface area contributed by atoms with E-state index in [4.69, 9.17) is 4.74 Å². The molecule has 2 N–H and O–H groups in total. The highest BCUT2D eigenvalue weighted by atomic mass is 16.5. The summed E-state index contributed by atoms with van der Waals surface area (Å²) < 4.78 is 6.99. The van der Waals surface area contributed by atoms with Crippen LogP contribution in [-0.4, -0.2) is 39.4 Å². The third kappa shape index (κ3) is 3.46. The Hall–Kier alpha value is -3.61. The van der Waals surface area contributed by atoms with E-state index in [1.807, 2.05) is 36.4 Å². The number of carbonyl (C=O) groups is 2. The zero-order chi connectivity index (χ0) is 19.5. The lowest BCUT2D eigenvalue weighted by Gasteiger charge is -2.17. The van der Waals surface area contributed by atoms with Crippen molar-refractivity contribution in [1.29, 1.82) is 0 Å². The highest BCUT2D eigenvalue weighted by molar-refractivity contribution is 5.81. The van der Waals surface area contributed by atoms with Crippen molar-refractivity contribution < 1.29 is 19.4 Å². The van der Waals surface area contributed by atoms with E-state index in [1.165, 1.54) is 6.33 Å². The minimum atomic E-state index is -1.14. The van der Waals surface area contributed by atoms with Gasteiger partial charge in [0.05, 0.1) is 12.9 Å². The summed E-state index contributed by atoms with van der Waals surface area (Å²) in [6, 6.07) is 15.0. The van der Waals surface area contributed by atoms with Gasteiger partial charge >= 0.3 is 12.1 Å². The predicted molar refractivity (Wildman–Crippen MR) is 102 cm³/mol. The second kappa shape index (κ2) is 7.56. The molecular formula is C21H19N3O4. The predicted octanol–water partition coefficient (Wildman–Crippen LogP) is 2.88. The topological polar surface area (TPSA) is 93.5 Å². The average Bonchev–Trinajstić information content (AvgIpc) is 3.32. The molecule has 7 nitrogen and oxygen atoms in total. The molecule has 0 aliphatic heterocycles. The molecule has 7 heteroatoms. The van der Waals surface area contributed by atoms with E-state index in [-0.39, 0.29) is 19.1 Å². The number of benzene rings is 2. The fraction of sp³-hybridized carbons (Fsp3) is 0.190. The van der Waals surface area contributed by atoms with Gasteiger partial charge in [0.2, 0.25) is 0 Å².